The highest BCUT2D eigenvalue weighted by molar-refractivity contribution is 5.94. The van der Waals surface area contributed by atoms with Crippen LogP contribution >= 0.6 is 0 Å². The number of carbonyl (C=O) groups excluding carboxylic acids is 1. The van der Waals surface area contributed by atoms with Crippen molar-refractivity contribution in [1.82, 2.24) is 20.9 Å². The van der Waals surface area contributed by atoms with Gasteiger partial charge in [0, 0.05) is 49.3 Å². The molecular weight excluding hydrogens is 357 g/mol. The fraction of sp³-hybridized carbons (Fsp3) is 0.238. The number of aromatic amines is 1. The van der Waals surface area contributed by atoms with E-state index < -0.39 is 0 Å². The molecule has 0 saturated carbocycles. The molecule has 3 rings (SSSR count). The minimum Gasteiger partial charge on any atom is -0.361 e. The van der Waals surface area contributed by atoms with Gasteiger partial charge in [-0.3, -0.25) is 9.79 Å². The van der Waals surface area contributed by atoms with Crippen LogP contribution in [0.2, 0.25) is 0 Å². The molecule has 1 heterocycles. The number of aliphatic imine (C=N–C) groups is 1. The minimum absolute atomic E-state index is 0.100. The van der Waals surface area contributed by atoms with Crippen LogP contribution in [0.25, 0.3) is 10.9 Å². The summed E-state index contributed by atoms with van der Waals surface area (Å²) in [6.45, 7) is 1.69. The largest absolute Gasteiger partial charge is 0.361 e. The van der Waals surface area contributed by atoms with Gasteiger partial charge in [-0.2, -0.15) is 0 Å². The Labute approximate surface area is 163 Å². The number of nitrogens with zero attached hydrogens (tertiary/aromatic N) is 1. The van der Waals surface area contributed by atoms with Crippen molar-refractivity contribution in [3.05, 3.63) is 71.7 Å². The minimum atomic E-state index is -0.240. The molecule has 3 aromatic rings. The van der Waals surface area contributed by atoms with Crippen molar-refractivity contribution in [3.63, 3.8) is 0 Å². The van der Waals surface area contributed by atoms with Crippen molar-refractivity contribution in [2.75, 3.05) is 26.7 Å². The lowest BCUT2D eigenvalue weighted by molar-refractivity contribution is 0.0954. The van der Waals surface area contributed by atoms with Crippen LogP contribution in [0.4, 0.5) is 4.39 Å². The maximum Gasteiger partial charge on any atom is 0.251 e. The summed E-state index contributed by atoms with van der Waals surface area (Å²) in [6.07, 6.45) is 2.63. The summed E-state index contributed by atoms with van der Waals surface area (Å²) in [6, 6.07) is 13.8. The second-order valence-electron chi connectivity index (χ2n) is 6.30. The summed E-state index contributed by atoms with van der Waals surface area (Å²) in [5.74, 6) is 0.313. The van der Waals surface area contributed by atoms with Crippen molar-refractivity contribution in [2.45, 2.75) is 6.42 Å². The van der Waals surface area contributed by atoms with Gasteiger partial charge >= 0.3 is 0 Å². The number of rotatable bonds is 7. The molecule has 0 fully saturated rings. The van der Waals surface area contributed by atoms with E-state index in [2.05, 4.69) is 25.9 Å². The lowest BCUT2D eigenvalue weighted by Crippen LogP contribution is -2.42. The highest BCUT2D eigenvalue weighted by Crippen LogP contribution is 2.19. The summed E-state index contributed by atoms with van der Waals surface area (Å²) in [4.78, 5) is 19.3. The van der Waals surface area contributed by atoms with E-state index in [1.54, 1.807) is 31.3 Å². The summed E-state index contributed by atoms with van der Waals surface area (Å²) in [5, 5.41) is 10.1. The zero-order valence-corrected chi connectivity index (χ0v) is 15.8. The second kappa shape index (κ2) is 9.55. The number of fused-ring (bicyclic) bond motifs is 1. The molecule has 0 unspecified atom stereocenters. The van der Waals surface area contributed by atoms with E-state index in [1.807, 2.05) is 24.4 Å². The number of hydrogen-bond acceptors (Lipinski definition) is 2. The number of carbonyl (C=O) groups is 1. The third-order valence-electron chi connectivity index (χ3n) is 4.38. The van der Waals surface area contributed by atoms with Crippen LogP contribution in [0.3, 0.4) is 0 Å². The Morgan fingerprint density at radius 2 is 1.79 bits per heavy atom. The summed E-state index contributed by atoms with van der Waals surface area (Å²) >= 11 is 0. The van der Waals surface area contributed by atoms with Crippen LogP contribution in [0.1, 0.15) is 15.9 Å². The topological polar surface area (TPSA) is 81.3 Å². The fourth-order valence-electron chi connectivity index (χ4n) is 2.94. The number of amides is 1. The summed E-state index contributed by atoms with van der Waals surface area (Å²) < 4.78 is 13.4. The number of benzene rings is 2. The first kappa shape index (κ1) is 19.4. The molecule has 6 nitrogen and oxygen atoms in total. The fourth-order valence-corrected chi connectivity index (χ4v) is 2.94. The summed E-state index contributed by atoms with van der Waals surface area (Å²) in [5.41, 5.74) is 2.61. The van der Waals surface area contributed by atoms with Gasteiger partial charge in [-0.1, -0.05) is 18.2 Å². The molecule has 0 radical (unpaired) electrons. The van der Waals surface area contributed by atoms with Gasteiger partial charge in [-0.25, -0.2) is 4.39 Å². The average molecular weight is 381 g/mol. The van der Waals surface area contributed by atoms with Gasteiger partial charge in [-0.15, -0.1) is 0 Å². The van der Waals surface area contributed by atoms with Crippen LogP contribution in [-0.2, 0) is 6.42 Å². The average Bonchev–Trinajstić information content (AvgIpc) is 3.12. The predicted octanol–water partition coefficient (Wildman–Crippen LogP) is 2.44. The van der Waals surface area contributed by atoms with E-state index in [9.17, 15) is 9.18 Å². The molecule has 0 atom stereocenters. The second-order valence-corrected chi connectivity index (χ2v) is 6.30. The lowest BCUT2D eigenvalue weighted by atomic mass is 10.1. The highest BCUT2D eigenvalue weighted by Gasteiger charge is 2.06. The van der Waals surface area contributed by atoms with Crippen LogP contribution in [0.5, 0.6) is 0 Å². The molecule has 0 saturated heterocycles. The van der Waals surface area contributed by atoms with Crippen LogP contribution in [0.15, 0.2) is 59.7 Å². The zero-order valence-electron chi connectivity index (χ0n) is 15.8. The number of H-pyrrole nitrogens is 1. The number of hydrogen-bond donors (Lipinski definition) is 4. The Morgan fingerprint density at radius 1 is 1.04 bits per heavy atom. The Hall–Kier alpha value is -3.35. The van der Waals surface area contributed by atoms with Crippen molar-refractivity contribution in [2.24, 2.45) is 4.99 Å². The van der Waals surface area contributed by atoms with Crippen molar-refractivity contribution in [1.29, 1.82) is 0 Å². The van der Waals surface area contributed by atoms with E-state index in [0.29, 0.717) is 31.2 Å². The van der Waals surface area contributed by atoms with Gasteiger partial charge in [0.05, 0.1) is 0 Å². The smallest absolute Gasteiger partial charge is 0.251 e. The van der Waals surface area contributed by atoms with E-state index >= 15 is 0 Å². The van der Waals surface area contributed by atoms with Crippen molar-refractivity contribution in [3.8, 4) is 0 Å². The lowest BCUT2D eigenvalue weighted by Gasteiger charge is -2.12. The van der Waals surface area contributed by atoms with E-state index in [-0.39, 0.29) is 11.7 Å². The van der Waals surface area contributed by atoms with Gasteiger partial charge in [0.1, 0.15) is 5.82 Å². The normalized spacial score (nSPS) is 11.4. The van der Waals surface area contributed by atoms with E-state index in [0.717, 1.165) is 22.9 Å². The standard InChI is InChI=1S/C21H24FN5O/c1-23-21(26-12-11-24-20(28)15-5-3-2-4-6-15)25-10-9-16-14-27-19-8-7-17(22)13-18(16)19/h2-8,13-14,27H,9-12H2,1H3,(H,24,28)(H2,23,25,26). The monoisotopic (exact) mass is 381 g/mol. The van der Waals surface area contributed by atoms with Gasteiger partial charge in [0.2, 0.25) is 0 Å². The van der Waals surface area contributed by atoms with Gasteiger partial charge in [-0.05, 0) is 42.3 Å². The van der Waals surface area contributed by atoms with Gasteiger partial charge in [0.15, 0.2) is 5.96 Å². The first-order chi connectivity index (χ1) is 13.7. The Morgan fingerprint density at radius 3 is 2.57 bits per heavy atom. The molecule has 0 bridgehead atoms. The first-order valence-electron chi connectivity index (χ1n) is 9.20. The molecule has 0 aliphatic heterocycles. The van der Waals surface area contributed by atoms with Crippen LogP contribution in [-0.4, -0.2) is 43.5 Å². The van der Waals surface area contributed by atoms with Gasteiger partial charge in [0.25, 0.3) is 5.91 Å². The molecule has 0 aliphatic carbocycles. The van der Waals surface area contributed by atoms with Crippen LogP contribution < -0.4 is 16.0 Å². The third-order valence-corrected chi connectivity index (χ3v) is 4.38. The van der Waals surface area contributed by atoms with Crippen LogP contribution in [0, 0.1) is 5.82 Å². The third kappa shape index (κ3) is 5.09. The number of guanidine groups is 1. The quantitative estimate of drug-likeness (QED) is 0.288. The molecule has 1 amide bonds. The summed E-state index contributed by atoms with van der Waals surface area (Å²) in [7, 11) is 1.69. The Balaban J connectivity index is 1.40. The first-order valence-corrected chi connectivity index (χ1v) is 9.20. The SMILES string of the molecule is CN=C(NCCNC(=O)c1ccccc1)NCCc1c[nH]c2ccc(F)cc12. The predicted molar refractivity (Wildman–Crippen MR) is 110 cm³/mol. The molecule has 4 N–H and O–H groups in total. The maximum absolute atomic E-state index is 13.4. The molecule has 146 valence electrons. The maximum atomic E-state index is 13.4. The molecule has 0 aliphatic rings. The number of aromatic nitrogens is 1. The van der Waals surface area contributed by atoms with E-state index in [1.165, 1.54) is 6.07 Å². The molecule has 28 heavy (non-hydrogen) atoms. The molecule has 7 heteroatoms. The Kier molecular flexibility index (Phi) is 6.62. The highest BCUT2D eigenvalue weighted by atomic mass is 19.1. The molecule has 0 spiro atoms. The Bertz CT molecular complexity index is 952. The number of halogens is 1. The van der Waals surface area contributed by atoms with Crippen molar-refractivity contribution >= 4 is 22.8 Å². The molecular formula is C21H24FN5O. The van der Waals surface area contributed by atoms with Gasteiger partial charge < -0.3 is 20.9 Å². The molecule has 1 aromatic heterocycles. The molecule has 2 aromatic carbocycles. The zero-order chi connectivity index (χ0) is 19.8. The van der Waals surface area contributed by atoms with Crippen molar-refractivity contribution < 1.29 is 9.18 Å². The van der Waals surface area contributed by atoms with E-state index in [4.69, 9.17) is 0 Å². The number of nitrogens with one attached hydrogen (secondary N) is 4.